The fourth-order valence-corrected chi connectivity index (χ4v) is 6.73. The van der Waals surface area contributed by atoms with Crippen molar-refractivity contribution in [2.24, 2.45) is 0 Å². The van der Waals surface area contributed by atoms with Crippen LogP contribution in [0.5, 0.6) is 11.5 Å². The van der Waals surface area contributed by atoms with Gasteiger partial charge in [0, 0.05) is 77.2 Å². The van der Waals surface area contributed by atoms with Crippen molar-refractivity contribution in [1.82, 2.24) is 29.7 Å². The molecule has 2 aliphatic rings. The molecule has 0 saturated carbocycles. The summed E-state index contributed by atoms with van der Waals surface area (Å²) in [4.78, 5) is 32.2. The molecule has 12 heteroatoms. The van der Waals surface area contributed by atoms with Gasteiger partial charge < -0.3 is 24.3 Å². The molecule has 1 atom stereocenters. The van der Waals surface area contributed by atoms with E-state index in [4.69, 9.17) is 14.5 Å². The highest BCUT2D eigenvalue weighted by atomic mass is 19.4. The van der Waals surface area contributed by atoms with Crippen LogP contribution < -0.4 is 4.74 Å². The molecule has 4 aromatic rings. The number of nitrogens with one attached hydrogen (secondary N) is 1. The van der Waals surface area contributed by atoms with E-state index in [1.807, 2.05) is 19.1 Å². The number of hydrogen-bond acceptors (Lipinski definition) is 7. The molecule has 1 fully saturated rings. The molecule has 1 amide bonds. The Morgan fingerprint density at radius 1 is 1.04 bits per heavy atom. The summed E-state index contributed by atoms with van der Waals surface area (Å²) in [5.74, 6) is 0.957. The van der Waals surface area contributed by atoms with Gasteiger partial charge in [-0.05, 0) is 53.9 Å². The predicted molar refractivity (Wildman–Crippen MR) is 177 cm³/mol. The topological polar surface area (TPSA) is 86.8 Å². The normalized spacial score (nSPS) is 17.5. The van der Waals surface area contributed by atoms with Crippen LogP contribution in [-0.4, -0.2) is 88.5 Å². The third kappa shape index (κ3) is 7.66. The second kappa shape index (κ2) is 14.6. The zero-order chi connectivity index (χ0) is 33.8. The first-order chi connectivity index (χ1) is 23.1. The number of benzene rings is 1. The van der Waals surface area contributed by atoms with Gasteiger partial charge in [0.05, 0.1) is 35.9 Å². The van der Waals surface area contributed by atoms with Crippen molar-refractivity contribution in [2.45, 2.75) is 58.3 Å². The summed E-state index contributed by atoms with van der Waals surface area (Å²) >= 11 is 0. The Morgan fingerprint density at radius 2 is 1.83 bits per heavy atom. The first kappa shape index (κ1) is 33.9. The summed E-state index contributed by atoms with van der Waals surface area (Å²) in [6.45, 7) is 9.83. The Labute approximate surface area is 279 Å². The number of aromatic amines is 1. The van der Waals surface area contributed by atoms with E-state index in [0.29, 0.717) is 48.8 Å². The van der Waals surface area contributed by atoms with E-state index >= 15 is 0 Å². The Hall–Kier alpha value is -4.00. The molecule has 6 rings (SSSR count). The summed E-state index contributed by atoms with van der Waals surface area (Å²) in [7, 11) is 1.66. The standard InChI is InChI=1S/C36H43F3N6O3/c1-4-25-22-45(33(46)17-24-6-7-26(31(16-24)36(37,38)39)21-44-13-11-43(5-2)12-14-44)23-27-18-29(20-41-34(25)27)48-32-8-10-40-35-30(32)19-28(42-35)9-15-47-3/h6-8,10,16,18-20,25H,4-5,9,11-15,17,21-23H2,1-3H3,(H,40,42). The molecule has 3 aromatic heterocycles. The van der Waals surface area contributed by atoms with Crippen molar-refractivity contribution in [1.29, 1.82) is 0 Å². The van der Waals surface area contributed by atoms with E-state index in [9.17, 15) is 18.0 Å². The second-order valence-corrected chi connectivity index (χ2v) is 12.7. The van der Waals surface area contributed by atoms with Gasteiger partial charge in [0.1, 0.15) is 17.1 Å². The molecular formula is C36H43F3N6O3. The highest BCUT2D eigenvalue weighted by Gasteiger charge is 2.35. The van der Waals surface area contributed by atoms with Crippen LogP contribution >= 0.6 is 0 Å². The zero-order valence-corrected chi connectivity index (χ0v) is 27.8. The summed E-state index contributed by atoms with van der Waals surface area (Å²) in [6.07, 6.45) is 0.244. The molecule has 256 valence electrons. The SMILES string of the molecule is CCC1CN(C(=O)Cc2ccc(CN3CCN(CC)CC3)c(C(F)(F)F)c2)Cc2cc(Oc3ccnc4[nH]c(CCOC)cc34)cnc21. The molecule has 0 bridgehead atoms. The first-order valence-electron chi connectivity index (χ1n) is 16.7. The molecule has 1 saturated heterocycles. The number of rotatable bonds is 11. The van der Waals surface area contributed by atoms with Crippen LogP contribution in [0.2, 0.25) is 0 Å². The predicted octanol–water partition coefficient (Wildman–Crippen LogP) is 6.17. The van der Waals surface area contributed by atoms with Gasteiger partial charge in [-0.25, -0.2) is 4.98 Å². The van der Waals surface area contributed by atoms with Gasteiger partial charge in [0.15, 0.2) is 0 Å². The van der Waals surface area contributed by atoms with Crippen molar-refractivity contribution in [3.63, 3.8) is 0 Å². The van der Waals surface area contributed by atoms with Gasteiger partial charge in [-0.15, -0.1) is 0 Å². The molecule has 1 unspecified atom stereocenters. The van der Waals surface area contributed by atoms with Crippen molar-refractivity contribution in [2.75, 3.05) is 53.0 Å². The fraction of sp³-hybridized carbons (Fsp3) is 0.472. The Morgan fingerprint density at radius 3 is 2.56 bits per heavy atom. The molecular weight excluding hydrogens is 621 g/mol. The van der Waals surface area contributed by atoms with Crippen LogP contribution in [0.1, 0.15) is 59.8 Å². The minimum atomic E-state index is -4.51. The minimum absolute atomic E-state index is 0.00804. The molecule has 2 aliphatic heterocycles. The highest BCUT2D eigenvalue weighted by Crippen LogP contribution is 2.36. The fourth-order valence-electron chi connectivity index (χ4n) is 6.73. The number of fused-ring (bicyclic) bond motifs is 2. The number of ether oxygens (including phenoxy) is 2. The summed E-state index contributed by atoms with van der Waals surface area (Å²) < 4.78 is 54.2. The number of piperazine rings is 1. The molecule has 1 aromatic carbocycles. The monoisotopic (exact) mass is 664 g/mol. The third-order valence-corrected chi connectivity index (χ3v) is 9.50. The van der Waals surface area contributed by atoms with E-state index in [-0.39, 0.29) is 30.4 Å². The van der Waals surface area contributed by atoms with Crippen molar-refractivity contribution in [3.8, 4) is 11.5 Å². The molecule has 1 N–H and O–H groups in total. The lowest BCUT2D eigenvalue weighted by atomic mass is 9.92. The second-order valence-electron chi connectivity index (χ2n) is 12.7. The van der Waals surface area contributed by atoms with E-state index in [1.54, 1.807) is 42.6 Å². The number of alkyl halides is 3. The number of carbonyl (C=O) groups excluding carboxylic acids is 1. The summed E-state index contributed by atoms with van der Waals surface area (Å²) in [5, 5.41) is 0.841. The van der Waals surface area contributed by atoms with Gasteiger partial charge in [0.25, 0.3) is 0 Å². The number of hydrogen-bond donors (Lipinski definition) is 1. The average Bonchev–Trinajstić information content (AvgIpc) is 3.51. The van der Waals surface area contributed by atoms with Gasteiger partial charge in [-0.3, -0.25) is 14.7 Å². The van der Waals surface area contributed by atoms with Crippen LogP contribution in [0, 0.1) is 0 Å². The number of pyridine rings is 2. The maximum absolute atomic E-state index is 14.2. The molecule has 0 radical (unpaired) electrons. The first-order valence-corrected chi connectivity index (χ1v) is 16.7. The Bertz CT molecular complexity index is 1730. The number of halogens is 3. The number of nitrogens with zero attached hydrogens (tertiary/aromatic N) is 5. The van der Waals surface area contributed by atoms with Crippen LogP contribution in [0.25, 0.3) is 11.0 Å². The van der Waals surface area contributed by atoms with Crippen LogP contribution in [0.3, 0.4) is 0 Å². The van der Waals surface area contributed by atoms with Crippen LogP contribution in [0.4, 0.5) is 13.2 Å². The number of H-pyrrole nitrogens is 1. The largest absolute Gasteiger partial charge is 0.455 e. The number of likely N-dealkylation sites (N-methyl/N-ethyl adjacent to an activating group) is 1. The van der Waals surface area contributed by atoms with Crippen molar-refractivity contribution in [3.05, 3.63) is 82.4 Å². The maximum atomic E-state index is 14.2. The number of amides is 1. The maximum Gasteiger partial charge on any atom is 0.416 e. The lowest BCUT2D eigenvalue weighted by Crippen LogP contribution is -2.45. The lowest BCUT2D eigenvalue weighted by Gasteiger charge is -2.34. The van der Waals surface area contributed by atoms with Crippen LogP contribution in [-0.2, 0) is 41.6 Å². The molecule has 9 nitrogen and oxygen atoms in total. The molecule has 0 aliphatic carbocycles. The number of methoxy groups -OCH3 is 1. The van der Waals surface area contributed by atoms with Gasteiger partial charge in [-0.2, -0.15) is 13.2 Å². The third-order valence-electron chi connectivity index (χ3n) is 9.50. The highest BCUT2D eigenvalue weighted by molar-refractivity contribution is 5.83. The molecule has 5 heterocycles. The Kier molecular flexibility index (Phi) is 10.3. The number of aromatic nitrogens is 3. The van der Waals surface area contributed by atoms with E-state index in [2.05, 4.69) is 26.7 Å². The number of carbonyl (C=O) groups is 1. The van der Waals surface area contributed by atoms with E-state index < -0.39 is 11.7 Å². The summed E-state index contributed by atoms with van der Waals surface area (Å²) in [6, 6.07) is 10.1. The van der Waals surface area contributed by atoms with Crippen molar-refractivity contribution >= 4 is 16.9 Å². The van der Waals surface area contributed by atoms with Gasteiger partial charge >= 0.3 is 6.18 Å². The zero-order valence-electron chi connectivity index (χ0n) is 27.8. The van der Waals surface area contributed by atoms with E-state index in [0.717, 1.165) is 67.5 Å². The average molecular weight is 665 g/mol. The Balaban J connectivity index is 1.17. The molecule has 48 heavy (non-hydrogen) atoms. The molecule has 0 spiro atoms. The quantitative estimate of drug-likeness (QED) is 0.205. The van der Waals surface area contributed by atoms with E-state index in [1.165, 1.54) is 0 Å². The smallest absolute Gasteiger partial charge is 0.416 e. The summed E-state index contributed by atoms with van der Waals surface area (Å²) in [5.41, 5.74) is 3.43. The lowest BCUT2D eigenvalue weighted by molar-refractivity contribution is -0.139. The van der Waals surface area contributed by atoms with Crippen molar-refractivity contribution < 1.29 is 27.4 Å². The van der Waals surface area contributed by atoms with Crippen LogP contribution in [0.15, 0.2) is 48.8 Å². The minimum Gasteiger partial charge on any atom is -0.455 e. The van der Waals surface area contributed by atoms with Gasteiger partial charge in [-0.1, -0.05) is 26.0 Å². The van der Waals surface area contributed by atoms with Gasteiger partial charge in [0.2, 0.25) is 5.91 Å².